The molecule has 7 nitrogen and oxygen atoms in total. The van der Waals surface area contributed by atoms with Gasteiger partial charge in [0.2, 0.25) is 0 Å². The minimum atomic E-state index is -0.750. The van der Waals surface area contributed by atoms with Crippen LogP contribution in [0.3, 0.4) is 0 Å². The second-order valence-corrected chi connectivity index (χ2v) is 3.54. The molecule has 94 valence electrons. The Kier molecular flexibility index (Phi) is 2.88. The third kappa shape index (κ3) is 1.86. The molecule has 1 aromatic carbocycles. The number of hydrogen-bond donors (Lipinski definition) is 1. The number of aromatic nitrogens is 1. The monoisotopic (exact) mass is 250 g/mol. The van der Waals surface area contributed by atoms with E-state index in [9.17, 15) is 14.9 Å². The molecule has 0 saturated carbocycles. The van der Waals surface area contributed by atoms with Gasteiger partial charge in [0.1, 0.15) is 0 Å². The van der Waals surface area contributed by atoms with Crippen LogP contribution < -0.4 is 15.0 Å². The number of hydrogen-bond acceptors (Lipinski definition) is 5. The lowest BCUT2D eigenvalue weighted by atomic mass is 10.2. The number of aromatic amines is 1. The van der Waals surface area contributed by atoms with Gasteiger partial charge in [0, 0.05) is 17.5 Å². The highest BCUT2D eigenvalue weighted by atomic mass is 16.6. The van der Waals surface area contributed by atoms with Crippen LogP contribution in [0.4, 0.5) is 5.69 Å². The van der Waals surface area contributed by atoms with Crippen molar-refractivity contribution in [3.63, 3.8) is 0 Å². The molecule has 1 N–H and O–H groups in total. The molecule has 0 atom stereocenters. The van der Waals surface area contributed by atoms with Gasteiger partial charge in [0.05, 0.1) is 24.7 Å². The Morgan fingerprint density at radius 3 is 2.33 bits per heavy atom. The lowest BCUT2D eigenvalue weighted by Gasteiger charge is -2.08. The molecule has 2 aromatic rings. The molecule has 0 aliphatic heterocycles. The lowest BCUT2D eigenvalue weighted by Crippen LogP contribution is -2.11. The van der Waals surface area contributed by atoms with Crippen LogP contribution in [0.5, 0.6) is 11.5 Å². The van der Waals surface area contributed by atoms with Gasteiger partial charge < -0.3 is 14.5 Å². The van der Waals surface area contributed by atoms with Crippen molar-refractivity contribution in [2.75, 3.05) is 14.2 Å². The van der Waals surface area contributed by atoms with E-state index in [2.05, 4.69) is 4.98 Å². The highest BCUT2D eigenvalue weighted by Crippen LogP contribution is 2.31. The number of pyridine rings is 1. The molecular formula is C11H10N2O5. The second kappa shape index (κ2) is 4.36. The summed E-state index contributed by atoms with van der Waals surface area (Å²) < 4.78 is 10.2. The molecule has 0 fully saturated rings. The second-order valence-electron chi connectivity index (χ2n) is 3.54. The highest BCUT2D eigenvalue weighted by Gasteiger charge is 2.15. The summed E-state index contributed by atoms with van der Waals surface area (Å²) in [6.07, 6.45) is 0. The van der Waals surface area contributed by atoms with Crippen molar-refractivity contribution in [1.29, 1.82) is 0 Å². The maximum atomic E-state index is 11.5. The first-order valence-electron chi connectivity index (χ1n) is 5.00. The Labute approximate surface area is 101 Å². The molecule has 2 rings (SSSR count). The van der Waals surface area contributed by atoms with Gasteiger partial charge in [0.25, 0.3) is 0 Å². The van der Waals surface area contributed by atoms with Crippen molar-refractivity contribution in [3.05, 3.63) is 38.7 Å². The van der Waals surface area contributed by atoms with Gasteiger partial charge in [-0.05, 0) is 6.07 Å². The average Bonchev–Trinajstić information content (AvgIpc) is 2.36. The molecule has 7 heteroatoms. The van der Waals surface area contributed by atoms with E-state index in [0.717, 1.165) is 0 Å². The standard InChI is InChI=1S/C11H10N2O5/c1-17-9-4-6-3-8(13(15)16)11(14)12-7(6)5-10(9)18-2/h3-5H,1-2H3,(H,12,14). The lowest BCUT2D eigenvalue weighted by molar-refractivity contribution is -0.386. The van der Waals surface area contributed by atoms with Gasteiger partial charge in [-0.15, -0.1) is 0 Å². The molecule has 0 bridgehead atoms. The van der Waals surface area contributed by atoms with E-state index < -0.39 is 16.2 Å². The molecular weight excluding hydrogens is 240 g/mol. The number of rotatable bonds is 3. The number of benzene rings is 1. The van der Waals surface area contributed by atoms with Crippen LogP contribution in [0.15, 0.2) is 23.0 Å². The van der Waals surface area contributed by atoms with Crippen molar-refractivity contribution >= 4 is 16.6 Å². The Morgan fingerprint density at radius 1 is 1.17 bits per heavy atom. The molecule has 1 aromatic heterocycles. The molecule has 18 heavy (non-hydrogen) atoms. The van der Waals surface area contributed by atoms with Gasteiger partial charge in [-0.25, -0.2) is 0 Å². The third-order valence-corrected chi connectivity index (χ3v) is 2.53. The number of fused-ring (bicyclic) bond motifs is 1. The fraction of sp³-hybridized carbons (Fsp3) is 0.182. The first-order valence-corrected chi connectivity index (χ1v) is 5.00. The number of ether oxygens (including phenoxy) is 2. The van der Waals surface area contributed by atoms with Crippen LogP contribution in [0.25, 0.3) is 10.9 Å². The van der Waals surface area contributed by atoms with E-state index in [1.807, 2.05) is 0 Å². The summed E-state index contributed by atoms with van der Waals surface area (Å²) in [4.78, 5) is 23.8. The highest BCUT2D eigenvalue weighted by molar-refractivity contribution is 5.84. The fourth-order valence-electron chi connectivity index (χ4n) is 1.66. The summed E-state index contributed by atoms with van der Waals surface area (Å²) in [5, 5.41) is 11.2. The first kappa shape index (κ1) is 11.9. The smallest absolute Gasteiger partial charge is 0.334 e. The Bertz CT molecular complexity index is 677. The number of nitrogens with one attached hydrogen (secondary N) is 1. The number of methoxy groups -OCH3 is 2. The molecule has 0 aliphatic carbocycles. The predicted octanol–water partition coefficient (Wildman–Crippen LogP) is 1.45. The third-order valence-electron chi connectivity index (χ3n) is 2.53. The Hall–Kier alpha value is -2.57. The topological polar surface area (TPSA) is 94.5 Å². The van der Waals surface area contributed by atoms with E-state index in [1.54, 1.807) is 12.1 Å². The fourth-order valence-corrected chi connectivity index (χ4v) is 1.66. The number of nitrogens with zero attached hydrogens (tertiary/aromatic N) is 1. The van der Waals surface area contributed by atoms with Crippen molar-refractivity contribution in [3.8, 4) is 11.5 Å². The summed E-state index contributed by atoms with van der Waals surface area (Å²) in [5.74, 6) is 0.876. The SMILES string of the molecule is COc1cc2cc([N+](=O)[O-])c(=O)[nH]c2cc1OC. The zero-order chi connectivity index (χ0) is 13.3. The maximum absolute atomic E-state index is 11.5. The maximum Gasteiger partial charge on any atom is 0.334 e. The van der Waals surface area contributed by atoms with E-state index in [4.69, 9.17) is 9.47 Å². The summed E-state index contributed by atoms with van der Waals surface area (Å²) >= 11 is 0. The van der Waals surface area contributed by atoms with Gasteiger partial charge in [0.15, 0.2) is 11.5 Å². The van der Waals surface area contributed by atoms with Crippen molar-refractivity contribution in [2.24, 2.45) is 0 Å². The first-order chi connectivity index (χ1) is 8.56. The normalized spacial score (nSPS) is 10.3. The molecule has 0 spiro atoms. The molecule has 0 unspecified atom stereocenters. The Morgan fingerprint density at radius 2 is 1.78 bits per heavy atom. The van der Waals surface area contributed by atoms with E-state index >= 15 is 0 Å². The number of H-pyrrole nitrogens is 1. The van der Waals surface area contributed by atoms with Crippen molar-refractivity contribution in [1.82, 2.24) is 4.98 Å². The number of nitro groups is 1. The van der Waals surface area contributed by atoms with Crippen LogP contribution in [-0.2, 0) is 0 Å². The largest absolute Gasteiger partial charge is 0.493 e. The van der Waals surface area contributed by atoms with Gasteiger partial charge >= 0.3 is 11.2 Å². The van der Waals surface area contributed by atoms with E-state index in [0.29, 0.717) is 22.4 Å². The van der Waals surface area contributed by atoms with Crippen LogP contribution in [0, 0.1) is 10.1 Å². The van der Waals surface area contributed by atoms with Crippen molar-refractivity contribution in [2.45, 2.75) is 0 Å². The molecule has 1 heterocycles. The van der Waals surface area contributed by atoms with E-state index in [-0.39, 0.29) is 0 Å². The molecule has 0 aliphatic rings. The van der Waals surface area contributed by atoms with Gasteiger partial charge in [-0.2, -0.15) is 0 Å². The van der Waals surface area contributed by atoms with Crippen LogP contribution >= 0.6 is 0 Å². The Balaban J connectivity index is 2.78. The summed E-state index contributed by atoms with van der Waals surface area (Å²) in [6.45, 7) is 0. The van der Waals surface area contributed by atoms with Crippen molar-refractivity contribution < 1.29 is 14.4 Å². The predicted molar refractivity (Wildman–Crippen MR) is 64.3 cm³/mol. The quantitative estimate of drug-likeness (QED) is 0.657. The minimum absolute atomic E-state index is 0.436. The summed E-state index contributed by atoms with van der Waals surface area (Å²) in [6, 6.07) is 4.33. The van der Waals surface area contributed by atoms with Crippen LogP contribution in [0.2, 0.25) is 0 Å². The zero-order valence-corrected chi connectivity index (χ0v) is 9.72. The van der Waals surface area contributed by atoms with Gasteiger partial charge in [-0.1, -0.05) is 0 Å². The van der Waals surface area contributed by atoms with Gasteiger partial charge in [-0.3, -0.25) is 14.9 Å². The molecule has 0 radical (unpaired) electrons. The molecule has 0 saturated heterocycles. The van der Waals surface area contributed by atoms with E-state index in [1.165, 1.54) is 20.3 Å². The molecule has 0 amide bonds. The zero-order valence-electron chi connectivity index (χ0n) is 9.72. The summed E-state index contributed by atoms with van der Waals surface area (Å²) in [7, 11) is 2.93. The van der Waals surface area contributed by atoms with Crippen LogP contribution in [-0.4, -0.2) is 24.1 Å². The average molecular weight is 250 g/mol. The minimum Gasteiger partial charge on any atom is -0.493 e. The summed E-state index contributed by atoms with van der Waals surface area (Å²) in [5.41, 5.74) is -0.808. The van der Waals surface area contributed by atoms with Crippen LogP contribution in [0.1, 0.15) is 0 Å².